The van der Waals surface area contributed by atoms with Crippen LogP contribution in [0.2, 0.25) is 0 Å². The molecule has 0 saturated heterocycles. The fraction of sp³-hybridized carbons (Fsp3) is 1.00. The second-order valence-electron chi connectivity index (χ2n) is 11.4. The van der Waals surface area contributed by atoms with Crippen LogP contribution in [-0.4, -0.2) is 26.4 Å². The molecule has 268 valence electrons. The third-order valence-electron chi connectivity index (χ3n) is 6.95. The van der Waals surface area contributed by atoms with Crippen LogP contribution in [0.3, 0.4) is 0 Å². The molecule has 2 atom stereocenters. The first-order chi connectivity index (χ1) is 21.2. The Morgan fingerprint density at radius 2 is 0.609 bits per heavy atom. The maximum atomic E-state index is 11.4. The Labute approximate surface area is 348 Å². The minimum absolute atomic E-state index is 0. The fourth-order valence-electron chi connectivity index (χ4n) is 4.25. The molecule has 0 aromatic carbocycles. The summed E-state index contributed by atoms with van der Waals surface area (Å²) in [7, 11) is -8.58. The molecule has 0 aliphatic carbocycles. The smallest absolute Gasteiger partial charge is 0.754 e. The summed E-state index contributed by atoms with van der Waals surface area (Å²) in [5, 5.41) is 0. The van der Waals surface area contributed by atoms with Crippen molar-refractivity contribution in [3.05, 3.63) is 0 Å². The van der Waals surface area contributed by atoms with E-state index in [-0.39, 0.29) is 94.2 Å². The van der Waals surface area contributed by atoms with E-state index in [0.717, 1.165) is 77.0 Å². The zero-order valence-electron chi connectivity index (χ0n) is 30.8. The van der Waals surface area contributed by atoms with Crippen LogP contribution in [0.25, 0.3) is 0 Å². The van der Waals surface area contributed by atoms with Gasteiger partial charge >= 0.3 is 80.9 Å². The summed E-state index contributed by atoms with van der Waals surface area (Å²) in [5.41, 5.74) is 0. The fourth-order valence-corrected chi connectivity index (χ4v) is 5.45. The summed E-state index contributed by atoms with van der Waals surface area (Å²) in [5.74, 6) is 0. The summed E-state index contributed by atoms with van der Waals surface area (Å²) < 4.78 is 41.1. The van der Waals surface area contributed by atoms with Crippen molar-refractivity contribution in [2.75, 3.05) is 26.4 Å². The van der Waals surface area contributed by atoms with Gasteiger partial charge in [0, 0.05) is 0 Å². The molecule has 2 unspecified atom stereocenters. The van der Waals surface area contributed by atoms with E-state index in [1.807, 2.05) is 0 Å². The number of hydrogen-bond acceptors (Lipinski definition) is 10. The van der Waals surface area contributed by atoms with Crippen LogP contribution in [0.4, 0.5) is 0 Å². The van der Waals surface area contributed by atoms with Crippen LogP contribution in [0.1, 0.15) is 182 Å². The summed E-state index contributed by atoms with van der Waals surface area (Å²) in [6, 6.07) is 0. The predicted molar refractivity (Wildman–Crippen MR) is 175 cm³/mol. The van der Waals surface area contributed by atoms with Crippen molar-refractivity contribution < 1.29 is 128 Å². The summed E-state index contributed by atoms with van der Waals surface area (Å²) in [4.78, 5) is 32.2. The van der Waals surface area contributed by atoms with Gasteiger partial charge in [0.1, 0.15) is 0 Å². The molecule has 0 heterocycles. The number of hydrogen-bond donors (Lipinski definition) is 0. The topological polar surface area (TPSA) is 136 Å². The van der Waals surface area contributed by atoms with Crippen LogP contribution < -0.4 is 90.7 Å². The monoisotopic (exact) mass is 736 g/mol. The van der Waals surface area contributed by atoms with Crippen molar-refractivity contribution in [2.24, 2.45) is 0 Å². The summed E-state index contributed by atoms with van der Waals surface area (Å²) >= 11 is 0. The van der Waals surface area contributed by atoms with Gasteiger partial charge in [-0.05, 0) is 25.7 Å². The molecular formula is C32H68KNaO10P2. The molecule has 0 aliphatic rings. The van der Waals surface area contributed by atoms with Gasteiger partial charge in [0.2, 0.25) is 0 Å². The van der Waals surface area contributed by atoms with Crippen molar-refractivity contribution in [3.8, 4) is 0 Å². The molecule has 0 aliphatic heterocycles. The quantitative estimate of drug-likeness (QED) is 0.0310. The van der Waals surface area contributed by atoms with Crippen molar-refractivity contribution >= 4 is 15.6 Å². The third-order valence-corrected chi connectivity index (χ3v) is 8.52. The van der Waals surface area contributed by atoms with Gasteiger partial charge in [0.05, 0.1) is 26.4 Å². The van der Waals surface area contributed by atoms with Crippen LogP contribution in [-0.2, 0) is 37.3 Å². The first-order valence-electron chi connectivity index (χ1n) is 17.8. The molecule has 0 saturated carbocycles. The van der Waals surface area contributed by atoms with E-state index >= 15 is 0 Å². The molecule has 10 nitrogen and oxygen atoms in total. The SMILES string of the molecule is CCCCCCCCOOP(=O)([O-])OCCCCCCCC.CCCCCCCCOOP(=O)([O-])OCCCCCCCC.[K+].[Na+]. The Hall–Kier alpha value is 2.78. The molecule has 0 bridgehead atoms. The van der Waals surface area contributed by atoms with Crippen LogP contribution in [0, 0.1) is 0 Å². The Morgan fingerprint density at radius 3 is 0.870 bits per heavy atom. The van der Waals surface area contributed by atoms with E-state index in [9.17, 15) is 18.9 Å². The zero-order valence-corrected chi connectivity index (χ0v) is 37.7. The minimum atomic E-state index is -4.29. The molecule has 0 aromatic rings. The number of rotatable bonds is 34. The van der Waals surface area contributed by atoms with E-state index in [2.05, 4.69) is 37.0 Å². The maximum absolute atomic E-state index is 11.4. The standard InChI is InChI=1S/2C16H35O5P.K.Na/c2*1-3-5-7-9-11-13-15-19-21-22(17,18)20-16-14-12-10-8-6-4-2;;/h2*3-16H2,1-2H3,(H,17,18);;/q;;2*+1/p-2. The molecule has 0 aromatic heterocycles. The second-order valence-corrected chi connectivity index (χ2v) is 14.0. The zero-order chi connectivity index (χ0) is 33.0. The summed E-state index contributed by atoms with van der Waals surface area (Å²) in [6.45, 7) is 9.61. The van der Waals surface area contributed by atoms with Gasteiger partial charge in [-0.15, -0.1) is 0 Å². The van der Waals surface area contributed by atoms with E-state index in [4.69, 9.17) is 18.8 Å². The van der Waals surface area contributed by atoms with Gasteiger partial charge in [0.15, 0.2) is 0 Å². The minimum Gasteiger partial charge on any atom is -0.754 e. The molecule has 0 radical (unpaired) electrons. The number of phosphoric acid groups is 2. The van der Waals surface area contributed by atoms with Crippen molar-refractivity contribution in [2.45, 2.75) is 182 Å². The van der Waals surface area contributed by atoms with Crippen molar-refractivity contribution in [1.29, 1.82) is 0 Å². The normalized spacial score (nSPS) is 13.5. The van der Waals surface area contributed by atoms with Crippen molar-refractivity contribution in [3.63, 3.8) is 0 Å². The van der Waals surface area contributed by atoms with E-state index in [1.165, 1.54) is 77.0 Å². The molecule has 0 N–H and O–H groups in total. The molecule has 0 spiro atoms. The Balaban J connectivity index is -0.000000367. The molecule has 0 fully saturated rings. The Kier molecular flexibility index (Phi) is 53.0. The molecule has 0 rings (SSSR count). The number of phosphoric ester groups is 2. The first kappa shape index (κ1) is 55.5. The van der Waals surface area contributed by atoms with Crippen LogP contribution in [0.15, 0.2) is 0 Å². The third kappa shape index (κ3) is 48.9. The van der Waals surface area contributed by atoms with E-state index < -0.39 is 15.6 Å². The van der Waals surface area contributed by atoms with Crippen molar-refractivity contribution in [1.82, 2.24) is 0 Å². The van der Waals surface area contributed by atoms with Gasteiger partial charge in [-0.25, -0.2) is 9.78 Å². The van der Waals surface area contributed by atoms with Crippen LogP contribution in [0.5, 0.6) is 0 Å². The average Bonchev–Trinajstić information content (AvgIpc) is 2.99. The molecular weight excluding hydrogens is 668 g/mol. The number of unbranched alkanes of at least 4 members (excludes halogenated alkanes) is 20. The van der Waals surface area contributed by atoms with Gasteiger partial charge in [0.25, 0.3) is 15.6 Å². The van der Waals surface area contributed by atoms with Gasteiger partial charge < -0.3 is 18.8 Å². The Morgan fingerprint density at radius 1 is 0.391 bits per heavy atom. The van der Waals surface area contributed by atoms with Gasteiger partial charge in [-0.3, -0.25) is 9.13 Å². The summed E-state index contributed by atoms with van der Waals surface area (Å²) in [6.07, 6.45) is 26.3. The largest absolute Gasteiger partial charge is 1.00 e. The molecule has 46 heavy (non-hydrogen) atoms. The average molecular weight is 737 g/mol. The van der Waals surface area contributed by atoms with Gasteiger partial charge in [-0.2, -0.15) is 9.35 Å². The first-order valence-corrected chi connectivity index (χ1v) is 20.7. The van der Waals surface area contributed by atoms with Gasteiger partial charge in [-0.1, -0.05) is 156 Å². The van der Waals surface area contributed by atoms with Crippen LogP contribution >= 0.6 is 15.6 Å². The Bertz CT molecular complexity index is 614. The van der Waals surface area contributed by atoms with E-state index in [0.29, 0.717) is 13.2 Å². The molecule has 14 heteroatoms. The predicted octanol–water partition coefficient (Wildman–Crippen LogP) is 4.29. The maximum Gasteiger partial charge on any atom is 1.00 e. The molecule has 0 amide bonds. The van der Waals surface area contributed by atoms with E-state index in [1.54, 1.807) is 0 Å². The second kappa shape index (κ2) is 43.9.